The number of likely N-dealkylation sites (tertiary alicyclic amines) is 1. The Bertz CT molecular complexity index is 1070. The van der Waals surface area contributed by atoms with Gasteiger partial charge in [0.25, 0.3) is 5.91 Å². The Hall–Kier alpha value is -2.66. The van der Waals surface area contributed by atoms with Gasteiger partial charge in [-0.15, -0.1) is 0 Å². The van der Waals surface area contributed by atoms with Gasteiger partial charge in [0.2, 0.25) is 5.91 Å². The Morgan fingerprint density at radius 2 is 1.63 bits per heavy atom. The predicted octanol–water partition coefficient (Wildman–Crippen LogP) is 5.11. The maximum absolute atomic E-state index is 13.1. The Balaban J connectivity index is 1.39. The predicted molar refractivity (Wildman–Crippen MR) is 123 cm³/mol. The topological polar surface area (TPSA) is 40.6 Å². The van der Waals surface area contributed by atoms with Gasteiger partial charge in [0.15, 0.2) is 0 Å². The second-order valence-corrected chi connectivity index (χ2v) is 8.73. The van der Waals surface area contributed by atoms with E-state index in [0.717, 1.165) is 26.4 Å². The molecule has 154 valence electrons. The molecule has 0 aromatic heterocycles. The Morgan fingerprint density at radius 1 is 0.967 bits per heavy atom. The maximum atomic E-state index is 13.1. The van der Waals surface area contributed by atoms with Gasteiger partial charge in [-0.1, -0.05) is 70.5 Å². The molecule has 0 saturated carbocycles. The molecule has 1 fully saturated rings. The highest BCUT2D eigenvalue weighted by Crippen LogP contribution is 2.25. The number of nitrogens with zero attached hydrogens (tertiary/aromatic N) is 2. The summed E-state index contributed by atoms with van der Waals surface area (Å²) in [6, 6.07) is 21.8. The van der Waals surface area contributed by atoms with Crippen molar-refractivity contribution in [2.45, 2.75) is 19.4 Å². The van der Waals surface area contributed by atoms with E-state index in [1.54, 1.807) is 4.90 Å². The first kappa shape index (κ1) is 20.6. The van der Waals surface area contributed by atoms with Gasteiger partial charge in [0.05, 0.1) is 0 Å². The Kier molecular flexibility index (Phi) is 6.18. The van der Waals surface area contributed by atoms with Crippen LogP contribution in [0.1, 0.15) is 28.8 Å². The van der Waals surface area contributed by atoms with Crippen molar-refractivity contribution in [3.63, 3.8) is 0 Å². The lowest BCUT2D eigenvalue weighted by Crippen LogP contribution is -2.43. The summed E-state index contributed by atoms with van der Waals surface area (Å²) in [5.41, 5.74) is 1.83. The molecule has 1 aliphatic rings. The molecular formula is C25H25BrN2O2. The highest BCUT2D eigenvalue weighted by atomic mass is 79.9. The molecule has 0 radical (unpaired) electrons. The van der Waals surface area contributed by atoms with E-state index in [1.807, 2.05) is 78.7 Å². The molecule has 2 amide bonds. The van der Waals surface area contributed by atoms with Crippen LogP contribution in [0.3, 0.4) is 0 Å². The maximum Gasteiger partial charge on any atom is 0.254 e. The molecule has 0 N–H and O–H groups in total. The van der Waals surface area contributed by atoms with Crippen molar-refractivity contribution >= 4 is 38.5 Å². The molecule has 3 aromatic rings. The quantitative estimate of drug-likeness (QED) is 0.537. The first-order valence-corrected chi connectivity index (χ1v) is 11.1. The van der Waals surface area contributed by atoms with Crippen LogP contribution in [0, 0.1) is 5.92 Å². The molecule has 1 aliphatic heterocycles. The molecule has 0 bridgehead atoms. The summed E-state index contributed by atoms with van der Waals surface area (Å²) in [7, 11) is 1.86. The van der Waals surface area contributed by atoms with Crippen molar-refractivity contribution in [2.24, 2.45) is 5.92 Å². The van der Waals surface area contributed by atoms with Crippen molar-refractivity contribution in [1.82, 2.24) is 9.80 Å². The molecule has 4 rings (SSSR count). The smallest absolute Gasteiger partial charge is 0.254 e. The molecule has 1 saturated heterocycles. The Labute approximate surface area is 185 Å². The molecule has 0 spiro atoms. The standard InChI is InChI=1S/C25H25BrN2O2/c1-27(17-20-8-3-5-12-23(20)26)24(29)19-13-15-28(16-14-19)25(30)22-11-6-9-18-7-2-4-10-21(18)22/h2-12,19H,13-17H2,1H3. The van der Waals surface area contributed by atoms with E-state index in [4.69, 9.17) is 0 Å². The van der Waals surface area contributed by atoms with Crippen molar-refractivity contribution in [2.75, 3.05) is 20.1 Å². The summed E-state index contributed by atoms with van der Waals surface area (Å²) >= 11 is 3.55. The third-order valence-corrected chi connectivity index (χ3v) is 6.67. The first-order chi connectivity index (χ1) is 14.5. The minimum Gasteiger partial charge on any atom is -0.341 e. The lowest BCUT2D eigenvalue weighted by molar-refractivity contribution is -0.136. The van der Waals surface area contributed by atoms with Crippen LogP contribution in [0.5, 0.6) is 0 Å². The zero-order chi connectivity index (χ0) is 21.1. The van der Waals surface area contributed by atoms with Crippen molar-refractivity contribution < 1.29 is 9.59 Å². The molecule has 30 heavy (non-hydrogen) atoms. The molecule has 5 heteroatoms. The van der Waals surface area contributed by atoms with Gasteiger partial charge in [-0.05, 0) is 41.3 Å². The normalized spacial score (nSPS) is 14.7. The third kappa shape index (κ3) is 4.26. The van der Waals surface area contributed by atoms with E-state index < -0.39 is 0 Å². The molecule has 3 aromatic carbocycles. The van der Waals surface area contributed by atoms with Gasteiger partial charge < -0.3 is 9.80 Å². The van der Waals surface area contributed by atoms with Gasteiger partial charge in [0, 0.05) is 42.6 Å². The summed E-state index contributed by atoms with van der Waals surface area (Å²) < 4.78 is 1.01. The number of amides is 2. The van der Waals surface area contributed by atoms with Crippen molar-refractivity contribution in [1.29, 1.82) is 0 Å². The molecule has 0 atom stereocenters. The lowest BCUT2D eigenvalue weighted by Gasteiger charge is -2.33. The minimum absolute atomic E-state index is 0.0333. The number of hydrogen-bond donors (Lipinski definition) is 0. The van der Waals surface area contributed by atoms with E-state index in [1.165, 1.54) is 0 Å². The van der Waals surface area contributed by atoms with Crippen LogP contribution in [0.25, 0.3) is 10.8 Å². The summed E-state index contributed by atoms with van der Waals surface area (Å²) in [4.78, 5) is 29.8. The third-order valence-electron chi connectivity index (χ3n) is 5.89. The summed E-state index contributed by atoms with van der Waals surface area (Å²) in [6.07, 6.45) is 1.41. The lowest BCUT2D eigenvalue weighted by atomic mass is 9.94. The second kappa shape index (κ2) is 9.00. The van der Waals surface area contributed by atoms with Crippen molar-refractivity contribution in [3.05, 3.63) is 82.3 Å². The fourth-order valence-electron chi connectivity index (χ4n) is 4.18. The number of carbonyl (C=O) groups is 2. The fourth-order valence-corrected chi connectivity index (χ4v) is 4.59. The van der Waals surface area contributed by atoms with Gasteiger partial charge in [0.1, 0.15) is 0 Å². The number of carbonyl (C=O) groups excluding carboxylic acids is 2. The second-order valence-electron chi connectivity index (χ2n) is 7.88. The SMILES string of the molecule is CN(Cc1ccccc1Br)C(=O)C1CCN(C(=O)c2cccc3ccccc23)CC1. The van der Waals surface area contributed by atoms with E-state index in [2.05, 4.69) is 15.9 Å². The molecule has 4 nitrogen and oxygen atoms in total. The molecular weight excluding hydrogens is 440 g/mol. The number of rotatable bonds is 4. The largest absolute Gasteiger partial charge is 0.341 e. The highest BCUT2D eigenvalue weighted by Gasteiger charge is 2.30. The molecule has 0 unspecified atom stereocenters. The van der Waals surface area contributed by atoms with E-state index in [-0.39, 0.29) is 17.7 Å². The van der Waals surface area contributed by atoms with Gasteiger partial charge in [-0.25, -0.2) is 0 Å². The van der Waals surface area contributed by atoms with Gasteiger partial charge >= 0.3 is 0 Å². The van der Waals surface area contributed by atoms with Crippen molar-refractivity contribution in [3.8, 4) is 0 Å². The number of halogens is 1. The van der Waals surface area contributed by atoms with E-state index >= 15 is 0 Å². The Morgan fingerprint density at radius 3 is 2.40 bits per heavy atom. The van der Waals surface area contributed by atoms with Gasteiger partial charge in [-0.3, -0.25) is 9.59 Å². The van der Waals surface area contributed by atoms with Crippen LogP contribution in [0.2, 0.25) is 0 Å². The summed E-state index contributed by atoms with van der Waals surface area (Å²) in [5.74, 6) is 0.177. The van der Waals surface area contributed by atoms with E-state index in [0.29, 0.717) is 32.5 Å². The number of hydrogen-bond acceptors (Lipinski definition) is 2. The average molecular weight is 465 g/mol. The molecule has 1 heterocycles. The summed E-state index contributed by atoms with van der Waals surface area (Å²) in [6.45, 7) is 1.80. The minimum atomic E-state index is -0.0333. The molecule has 0 aliphatic carbocycles. The van der Waals surface area contributed by atoms with Crippen LogP contribution in [0.15, 0.2) is 71.2 Å². The number of benzene rings is 3. The van der Waals surface area contributed by atoms with Crippen LogP contribution in [-0.2, 0) is 11.3 Å². The summed E-state index contributed by atoms with van der Waals surface area (Å²) in [5, 5.41) is 2.05. The first-order valence-electron chi connectivity index (χ1n) is 10.3. The zero-order valence-corrected chi connectivity index (χ0v) is 18.6. The van der Waals surface area contributed by atoms with Crippen LogP contribution in [-0.4, -0.2) is 41.8 Å². The highest BCUT2D eigenvalue weighted by molar-refractivity contribution is 9.10. The van der Waals surface area contributed by atoms with Crippen LogP contribution < -0.4 is 0 Å². The van der Waals surface area contributed by atoms with Gasteiger partial charge in [-0.2, -0.15) is 0 Å². The average Bonchev–Trinajstić information content (AvgIpc) is 2.79. The van der Waals surface area contributed by atoms with Crippen LogP contribution >= 0.6 is 15.9 Å². The zero-order valence-electron chi connectivity index (χ0n) is 17.1. The fraction of sp³-hybridized carbons (Fsp3) is 0.280. The number of fused-ring (bicyclic) bond motifs is 1. The van der Waals surface area contributed by atoms with E-state index in [9.17, 15) is 9.59 Å². The monoisotopic (exact) mass is 464 g/mol. The van der Waals surface area contributed by atoms with Crippen LogP contribution in [0.4, 0.5) is 0 Å². The number of piperidine rings is 1.